The fourth-order valence-electron chi connectivity index (χ4n) is 1.25. The van der Waals surface area contributed by atoms with Crippen molar-refractivity contribution in [3.63, 3.8) is 0 Å². The number of amides is 3. The van der Waals surface area contributed by atoms with Crippen LogP contribution < -0.4 is 21.1 Å². The summed E-state index contributed by atoms with van der Waals surface area (Å²) in [6.45, 7) is -1.45. The highest BCUT2D eigenvalue weighted by atomic mass is 19.3. The fourth-order valence-corrected chi connectivity index (χ4v) is 1.25. The van der Waals surface area contributed by atoms with E-state index in [9.17, 15) is 18.4 Å². The van der Waals surface area contributed by atoms with Crippen molar-refractivity contribution in [2.24, 2.45) is 5.73 Å². The number of halogens is 2. The summed E-state index contributed by atoms with van der Waals surface area (Å²) in [7, 11) is 0. The molecule has 0 heterocycles. The van der Waals surface area contributed by atoms with Crippen LogP contribution in [0, 0.1) is 0 Å². The highest BCUT2D eigenvalue weighted by molar-refractivity contribution is 5.96. The predicted molar refractivity (Wildman–Crippen MR) is 63.9 cm³/mol. The van der Waals surface area contributed by atoms with E-state index in [4.69, 9.17) is 5.73 Å². The van der Waals surface area contributed by atoms with E-state index in [-0.39, 0.29) is 5.75 Å². The Labute approximate surface area is 107 Å². The van der Waals surface area contributed by atoms with Crippen LogP contribution >= 0.6 is 0 Å². The number of nitrogens with one attached hydrogen (secondary N) is 2. The molecule has 1 rings (SSSR count). The number of primary amides is 1. The quantitative estimate of drug-likeness (QED) is 0.754. The van der Waals surface area contributed by atoms with Crippen LogP contribution in [0.25, 0.3) is 0 Å². The molecule has 0 fully saturated rings. The van der Waals surface area contributed by atoms with Crippen LogP contribution in [0.15, 0.2) is 24.3 Å². The summed E-state index contributed by atoms with van der Waals surface area (Å²) in [5.41, 5.74) is 5.25. The van der Waals surface area contributed by atoms with Crippen molar-refractivity contribution in [2.75, 3.05) is 5.32 Å². The first-order chi connectivity index (χ1) is 8.88. The number of anilines is 1. The summed E-state index contributed by atoms with van der Waals surface area (Å²) in [5.74, 6) is -0.502. The molecule has 1 atom stereocenters. The van der Waals surface area contributed by atoms with Crippen LogP contribution in [0.2, 0.25) is 0 Å². The Balaban J connectivity index is 2.57. The number of nitrogens with two attached hydrogens (primary N) is 1. The van der Waals surface area contributed by atoms with Crippen molar-refractivity contribution in [3.05, 3.63) is 24.3 Å². The lowest BCUT2D eigenvalue weighted by atomic mass is 10.2. The van der Waals surface area contributed by atoms with Gasteiger partial charge in [-0.05, 0) is 31.2 Å². The number of carbonyl (C=O) groups excluding carboxylic acids is 2. The molecule has 0 aliphatic carbocycles. The molecule has 0 aliphatic rings. The summed E-state index contributed by atoms with van der Waals surface area (Å²) in [5, 5.41) is 4.68. The SMILES string of the molecule is CC(NC(N)=O)C(=O)Nc1ccc(OC(F)F)cc1. The average Bonchev–Trinajstić information content (AvgIpc) is 2.30. The molecule has 0 radical (unpaired) electrons. The number of benzene rings is 1. The fraction of sp³-hybridized carbons (Fsp3) is 0.273. The molecule has 0 saturated carbocycles. The van der Waals surface area contributed by atoms with Gasteiger partial charge in [0.15, 0.2) is 0 Å². The molecule has 1 aromatic rings. The molecule has 19 heavy (non-hydrogen) atoms. The van der Waals surface area contributed by atoms with Gasteiger partial charge in [0.05, 0.1) is 0 Å². The molecule has 0 saturated heterocycles. The number of hydrogen-bond acceptors (Lipinski definition) is 3. The highest BCUT2D eigenvalue weighted by Crippen LogP contribution is 2.17. The first kappa shape index (κ1) is 14.7. The summed E-state index contributed by atoms with van der Waals surface area (Å²) in [6.07, 6.45) is 0. The zero-order valence-corrected chi connectivity index (χ0v) is 10.0. The van der Waals surface area contributed by atoms with Crippen molar-refractivity contribution < 1.29 is 23.1 Å². The maximum Gasteiger partial charge on any atom is 0.387 e. The van der Waals surface area contributed by atoms with Crippen molar-refractivity contribution in [2.45, 2.75) is 19.6 Å². The Morgan fingerprint density at radius 1 is 1.26 bits per heavy atom. The number of hydrogen-bond donors (Lipinski definition) is 3. The average molecular weight is 273 g/mol. The third kappa shape index (κ3) is 5.19. The minimum absolute atomic E-state index is 0.0173. The van der Waals surface area contributed by atoms with Crippen LogP contribution in [-0.4, -0.2) is 24.6 Å². The minimum Gasteiger partial charge on any atom is -0.435 e. The van der Waals surface area contributed by atoms with E-state index in [0.29, 0.717) is 5.69 Å². The van der Waals surface area contributed by atoms with E-state index in [0.717, 1.165) is 0 Å². The maximum atomic E-state index is 11.9. The molecule has 1 aromatic carbocycles. The van der Waals surface area contributed by atoms with Gasteiger partial charge in [0.25, 0.3) is 0 Å². The number of carbonyl (C=O) groups is 2. The normalized spacial score (nSPS) is 11.8. The molecule has 6 nitrogen and oxygen atoms in total. The molecule has 4 N–H and O–H groups in total. The number of alkyl halides is 2. The molecular weight excluding hydrogens is 260 g/mol. The second kappa shape index (κ2) is 6.53. The van der Waals surface area contributed by atoms with Crippen molar-refractivity contribution >= 4 is 17.6 Å². The minimum atomic E-state index is -2.90. The zero-order valence-electron chi connectivity index (χ0n) is 10.0. The molecule has 8 heteroatoms. The molecular formula is C11H13F2N3O3. The summed E-state index contributed by atoms with van der Waals surface area (Å²) < 4.78 is 28.0. The molecule has 0 bridgehead atoms. The van der Waals surface area contributed by atoms with Crippen LogP contribution in [0.3, 0.4) is 0 Å². The Kier molecular flexibility index (Phi) is 5.04. The summed E-state index contributed by atoms with van der Waals surface area (Å²) >= 11 is 0. The molecule has 0 aliphatic heterocycles. The Bertz CT molecular complexity index is 451. The molecule has 1 unspecified atom stereocenters. The molecule has 0 aromatic heterocycles. The summed E-state index contributed by atoms with van der Waals surface area (Å²) in [6, 6.07) is 3.74. The van der Waals surface area contributed by atoms with E-state index in [1.807, 2.05) is 0 Å². The standard InChI is InChI=1S/C11H13F2N3O3/c1-6(15-11(14)18)9(17)16-7-2-4-8(5-3-7)19-10(12)13/h2-6,10H,1H3,(H,16,17)(H3,14,15,18). The van der Waals surface area contributed by atoms with Gasteiger partial charge in [-0.25, -0.2) is 4.79 Å². The van der Waals surface area contributed by atoms with Crippen LogP contribution in [0.1, 0.15) is 6.92 Å². The monoisotopic (exact) mass is 273 g/mol. The third-order valence-corrected chi connectivity index (χ3v) is 2.10. The van der Waals surface area contributed by atoms with Gasteiger partial charge in [-0.2, -0.15) is 8.78 Å². The van der Waals surface area contributed by atoms with E-state index in [2.05, 4.69) is 15.4 Å². The van der Waals surface area contributed by atoms with Gasteiger partial charge in [-0.1, -0.05) is 0 Å². The first-order valence-electron chi connectivity index (χ1n) is 5.30. The lowest BCUT2D eigenvalue weighted by molar-refractivity contribution is -0.117. The Hall–Kier alpha value is -2.38. The zero-order chi connectivity index (χ0) is 14.4. The van der Waals surface area contributed by atoms with Gasteiger partial charge in [0.2, 0.25) is 5.91 Å². The van der Waals surface area contributed by atoms with Crippen molar-refractivity contribution in [1.29, 1.82) is 0 Å². The lowest BCUT2D eigenvalue weighted by Crippen LogP contribution is -2.44. The molecule has 104 valence electrons. The maximum absolute atomic E-state index is 11.9. The van der Waals surface area contributed by atoms with E-state index >= 15 is 0 Å². The van der Waals surface area contributed by atoms with E-state index in [1.54, 1.807) is 0 Å². The molecule has 3 amide bonds. The van der Waals surface area contributed by atoms with Crippen LogP contribution in [0.5, 0.6) is 5.75 Å². The van der Waals surface area contributed by atoms with Crippen LogP contribution in [0.4, 0.5) is 19.3 Å². The number of ether oxygens (including phenoxy) is 1. The van der Waals surface area contributed by atoms with Gasteiger partial charge >= 0.3 is 12.6 Å². The summed E-state index contributed by atoms with van der Waals surface area (Å²) in [4.78, 5) is 22.1. The van der Waals surface area contributed by atoms with Gasteiger partial charge in [-0.3, -0.25) is 4.79 Å². The van der Waals surface area contributed by atoms with Crippen molar-refractivity contribution in [3.8, 4) is 5.75 Å². The smallest absolute Gasteiger partial charge is 0.387 e. The predicted octanol–water partition coefficient (Wildman–Crippen LogP) is 1.28. The highest BCUT2D eigenvalue weighted by Gasteiger charge is 2.14. The lowest BCUT2D eigenvalue weighted by Gasteiger charge is -2.12. The van der Waals surface area contributed by atoms with Gasteiger partial charge in [0.1, 0.15) is 11.8 Å². The number of urea groups is 1. The van der Waals surface area contributed by atoms with Gasteiger partial charge in [-0.15, -0.1) is 0 Å². The van der Waals surface area contributed by atoms with E-state index < -0.39 is 24.6 Å². The second-order valence-corrected chi connectivity index (χ2v) is 3.62. The van der Waals surface area contributed by atoms with Gasteiger partial charge < -0.3 is 21.1 Å². The first-order valence-corrected chi connectivity index (χ1v) is 5.30. The molecule has 0 spiro atoms. The number of rotatable bonds is 5. The van der Waals surface area contributed by atoms with Crippen molar-refractivity contribution in [1.82, 2.24) is 5.32 Å². The third-order valence-electron chi connectivity index (χ3n) is 2.10. The Morgan fingerprint density at radius 2 is 1.84 bits per heavy atom. The largest absolute Gasteiger partial charge is 0.435 e. The second-order valence-electron chi connectivity index (χ2n) is 3.62. The van der Waals surface area contributed by atoms with Gasteiger partial charge in [0, 0.05) is 5.69 Å². The van der Waals surface area contributed by atoms with E-state index in [1.165, 1.54) is 31.2 Å². The topological polar surface area (TPSA) is 93.5 Å². The van der Waals surface area contributed by atoms with Crippen LogP contribution in [-0.2, 0) is 4.79 Å². The Morgan fingerprint density at radius 3 is 2.32 bits per heavy atom.